The summed E-state index contributed by atoms with van der Waals surface area (Å²) in [4.78, 5) is 11.5. The first-order valence-corrected chi connectivity index (χ1v) is 8.03. The summed E-state index contributed by atoms with van der Waals surface area (Å²) in [7, 11) is 0. The topological polar surface area (TPSA) is 71.4 Å². The third-order valence-corrected chi connectivity index (χ3v) is 3.36. The Kier molecular flexibility index (Phi) is 7.08. The zero-order chi connectivity index (χ0) is 17.9. The molecule has 2 aromatic rings. The SMILES string of the molecule is CCOC(=O)/C(C#N)=C/Nc1ccc(OCCc2ccccc2)cc1. The van der Waals surface area contributed by atoms with Crippen molar-refractivity contribution in [3.63, 3.8) is 0 Å². The molecule has 0 aliphatic carbocycles. The van der Waals surface area contributed by atoms with Crippen LogP contribution in [0, 0.1) is 11.3 Å². The first-order chi connectivity index (χ1) is 12.2. The summed E-state index contributed by atoms with van der Waals surface area (Å²) >= 11 is 0. The number of rotatable bonds is 8. The molecular formula is C20H20N2O3. The zero-order valence-electron chi connectivity index (χ0n) is 14.1. The van der Waals surface area contributed by atoms with Gasteiger partial charge in [0.05, 0.1) is 13.2 Å². The van der Waals surface area contributed by atoms with E-state index >= 15 is 0 Å². The highest BCUT2D eigenvalue weighted by molar-refractivity contribution is 5.93. The zero-order valence-corrected chi connectivity index (χ0v) is 14.1. The van der Waals surface area contributed by atoms with E-state index < -0.39 is 5.97 Å². The van der Waals surface area contributed by atoms with Crippen molar-refractivity contribution >= 4 is 11.7 Å². The number of nitriles is 1. The number of carbonyl (C=O) groups is 1. The average Bonchev–Trinajstić information content (AvgIpc) is 2.64. The minimum Gasteiger partial charge on any atom is -0.493 e. The van der Waals surface area contributed by atoms with Crippen LogP contribution in [0.2, 0.25) is 0 Å². The maximum Gasteiger partial charge on any atom is 0.350 e. The van der Waals surface area contributed by atoms with E-state index in [0.717, 1.165) is 17.9 Å². The van der Waals surface area contributed by atoms with Gasteiger partial charge in [0.2, 0.25) is 0 Å². The van der Waals surface area contributed by atoms with E-state index in [1.165, 1.54) is 11.8 Å². The van der Waals surface area contributed by atoms with Gasteiger partial charge in [0.15, 0.2) is 5.57 Å². The van der Waals surface area contributed by atoms with Crippen molar-refractivity contribution in [1.82, 2.24) is 0 Å². The monoisotopic (exact) mass is 336 g/mol. The number of anilines is 1. The first-order valence-electron chi connectivity index (χ1n) is 8.03. The van der Waals surface area contributed by atoms with Crippen molar-refractivity contribution in [3.8, 4) is 11.8 Å². The van der Waals surface area contributed by atoms with Crippen LogP contribution in [0.1, 0.15) is 12.5 Å². The van der Waals surface area contributed by atoms with Crippen LogP contribution in [0.25, 0.3) is 0 Å². The van der Waals surface area contributed by atoms with E-state index in [2.05, 4.69) is 17.4 Å². The van der Waals surface area contributed by atoms with E-state index in [0.29, 0.717) is 6.61 Å². The molecule has 0 saturated carbocycles. The van der Waals surface area contributed by atoms with Gasteiger partial charge in [0, 0.05) is 18.3 Å². The van der Waals surface area contributed by atoms with Gasteiger partial charge in [-0.3, -0.25) is 0 Å². The maximum absolute atomic E-state index is 11.5. The van der Waals surface area contributed by atoms with Crippen LogP contribution in [-0.4, -0.2) is 19.2 Å². The molecule has 1 N–H and O–H groups in total. The summed E-state index contributed by atoms with van der Waals surface area (Å²) in [6.45, 7) is 2.52. The first kappa shape index (κ1) is 18.1. The lowest BCUT2D eigenvalue weighted by Crippen LogP contribution is -2.07. The van der Waals surface area contributed by atoms with Crippen molar-refractivity contribution in [2.45, 2.75) is 13.3 Å². The Morgan fingerprint density at radius 1 is 1.16 bits per heavy atom. The second kappa shape index (κ2) is 9.78. The molecular weight excluding hydrogens is 316 g/mol. The highest BCUT2D eigenvalue weighted by Gasteiger charge is 2.08. The third-order valence-electron chi connectivity index (χ3n) is 3.36. The van der Waals surface area contributed by atoms with E-state index in [1.54, 1.807) is 6.92 Å². The largest absolute Gasteiger partial charge is 0.493 e. The molecule has 0 aliphatic rings. The van der Waals surface area contributed by atoms with Gasteiger partial charge in [-0.25, -0.2) is 4.79 Å². The lowest BCUT2D eigenvalue weighted by Gasteiger charge is -2.08. The van der Waals surface area contributed by atoms with Gasteiger partial charge in [0.1, 0.15) is 11.8 Å². The van der Waals surface area contributed by atoms with E-state index in [4.69, 9.17) is 14.7 Å². The Labute approximate surface area is 147 Å². The Bertz CT molecular complexity index is 747. The molecule has 5 heteroatoms. The Balaban J connectivity index is 1.85. The van der Waals surface area contributed by atoms with Gasteiger partial charge in [-0.15, -0.1) is 0 Å². The molecule has 0 aliphatic heterocycles. The molecule has 128 valence electrons. The molecule has 0 bridgehead atoms. The molecule has 0 radical (unpaired) electrons. The molecule has 0 spiro atoms. The number of carbonyl (C=O) groups excluding carboxylic acids is 1. The summed E-state index contributed by atoms with van der Waals surface area (Å²) in [5.74, 6) is 0.120. The van der Waals surface area contributed by atoms with Gasteiger partial charge in [-0.05, 0) is 36.8 Å². The molecule has 0 atom stereocenters. The van der Waals surface area contributed by atoms with Crippen LogP contribution in [-0.2, 0) is 16.0 Å². The molecule has 0 saturated heterocycles. The summed E-state index contributed by atoms with van der Waals surface area (Å²) in [6.07, 6.45) is 2.18. The number of esters is 1. The fraction of sp³-hybridized carbons (Fsp3) is 0.200. The van der Waals surface area contributed by atoms with E-state index in [9.17, 15) is 4.79 Å². The fourth-order valence-electron chi connectivity index (χ4n) is 2.08. The lowest BCUT2D eigenvalue weighted by molar-refractivity contribution is -0.138. The second-order valence-corrected chi connectivity index (χ2v) is 5.14. The molecule has 5 nitrogen and oxygen atoms in total. The van der Waals surface area contributed by atoms with Gasteiger partial charge in [-0.2, -0.15) is 5.26 Å². The summed E-state index contributed by atoms with van der Waals surface area (Å²) in [6, 6.07) is 19.2. The van der Waals surface area contributed by atoms with Crippen LogP contribution in [0.3, 0.4) is 0 Å². The van der Waals surface area contributed by atoms with Crippen molar-refractivity contribution in [3.05, 3.63) is 71.9 Å². The standard InChI is InChI=1S/C20H20N2O3/c1-2-24-20(23)17(14-21)15-22-18-8-10-19(11-9-18)25-13-12-16-6-4-3-5-7-16/h3-11,15,22H,2,12-13H2,1H3/b17-15+. The number of hydrogen-bond acceptors (Lipinski definition) is 5. The third kappa shape index (κ3) is 6.04. The number of nitrogens with zero attached hydrogens (tertiary/aromatic N) is 1. The van der Waals surface area contributed by atoms with Crippen molar-refractivity contribution in [1.29, 1.82) is 5.26 Å². The number of ether oxygens (including phenoxy) is 2. The molecule has 25 heavy (non-hydrogen) atoms. The number of benzene rings is 2. The summed E-state index contributed by atoms with van der Waals surface area (Å²) in [5.41, 5.74) is 1.89. The Morgan fingerprint density at radius 3 is 2.52 bits per heavy atom. The molecule has 2 rings (SSSR count). The highest BCUT2D eigenvalue weighted by atomic mass is 16.5. The van der Waals surface area contributed by atoms with E-state index in [-0.39, 0.29) is 12.2 Å². The Morgan fingerprint density at radius 2 is 1.88 bits per heavy atom. The van der Waals surface area contributed by atoms with Gasteiger partial charge < -0.3 is 14.8 Å². The average molecular weight is 336 g/mol. The molecule has 0 fully saturated rings. The predicted octanol–water partition coefficient (Wildman–Crippen LogP) is 3.69. The van der Waals surface area contributed by atoms with E-state index in [1.807, 2.05) is 48.5 Å². The number of nitrogens with one attached hydrogen (secondary N) is 1. The fourth-order valence-corrected chi connectivity index (χ4v) is 2.08. The summed E-state index contributed by atoms with van der Waals surface area (Å²) < 4.78 is 10.5. The quantitative estimate of drug-likeness (QED) is 0.452. The van der Waals surface area contributed by atoms with Crippen molar-refractivity contribution < 1.29 is 14.3 Å². The molecule has 0 amide bonds. The Hall–Kier alpha value is -3.26. The van der Waals surface area contributed by atoms with Crippen LogP contribution >= 0.6 is 0 Å². The van der Waals surface area contributed by atoms with Crippen LogP contribution in [0.5, 0.6) is 5.75 Å². The summed E-state index contributed by atoms with van der Waals surface area (Å²) in [5, 5.41) is 11.9. The van der Waals surface area contributed by atoms with Gasteiger partial charge in [0.25, 0.3) is 0 Å². The lowest BCUT2D eigenvalue weighted by atomic mass is 10.2. The maximum atomic E-state index is 11.5. The van der Waals surface area contributed by atoms with Crippen LogP contribution < -0.4 is 10.1 Å². The smallest absolute Gasteiger partial charge is 0.350 e. The van der Waals surface area contributed by atoms with Crippen LogP contribution in [0.4, 0.5) is 5.69 Å². The minimum atomic E-state index is -0.640. The highest BCUT2D eigenvalue weighted by Crippen LogP contribution is 2.16. The molecule has 0 heterocycles. The second-order valence-electron chi connectivity index (χ2n) is 5.14. The van der Waals surface area contributed by atoms with Gasteiger partial charge >= 0.3 is 5.97 Å². The van der Waals surface area contributed by atoms with Crippen molar-refractivity contribution in [2.24, 2.45) is 0 Å². The normalized spacial score (nSPS) is 10.6. The minimum absolute atomic E-state index is 0.0787. The van der Waals surface area contributed by atoms with Gasteiger partial charge in [-0.1, -0.05) is 30.3 Å². The molecule has 0 unspecified atom stereocenters. The molecule has 2 aromatic carbocycles. The predicted molar refractivity (Wildman–Crippen MR) is 96.0 cm³/mol. The molecule has 0 aromatic heterocycles. The number of hydrogen-bond donors (Lipinski definition) is 1. The van der Waals surface area contributed by atoms with Crippen LogP contribution in [0.15, 0.2) is 66.4 Å². The van der Waals surface area contributed by atoms with Crippen molar-refractivity contribution in [2.75, 3.05) is 18.5 Å².